The molecule has 2 aliphatic heterocycles. The molecule has 2 N–H and O–H groups in total. The first-order valence-corrected chi connectivity index (χ1v) is 11.6. The van der Waals surface area contributed by atoms with Crippen LogP contribution in [0.1, 0.15) is 43.5 Å². The van der Waals surface area contributed by atoms with Crippen LogP contribution in [0.4, 0.5) is 14.9 Å². The molecule has 4 rings (SSSR count). The monoisotopic (exact) mass is 496 g/mol. The molecule has 2 heterocycles. The maximum absolute atomic E-state index is 14.8. The number of hydrogen-bond acceptors (Lipinski definition) is 5. The van der Waals surface area contributed by atoms with Crippen molar-refractivity contribution in [1.82, 2.24) is 15.1 Å². The van der Waals surface area contributed by atoms with Crippen LogP contribution >= 0.6 is 0 Å². The zero-order valence-corrected chi connectivity index (χ0v) is 20.7. The summed E-state index contributed by atoms with van der Waals surface area (Å²) >= 11 is 0. The molecule has 0 unspecified atom stereocenters. The number of ether oxygens (including phenoxy) is 1. The Labute approximate surface area is 208 Å². The first kappa shape index (κ1) is 25.2. The summed E-state index contributed by atoms with van der Waals surface area (Å²) in [7, 11) is 1.54. The van der Waals surface area contributed by atoms with Crippen molar-refractivity contribution in [1.29, 1.82) is 0 Å². The second-order valence-electron chi connectivity index (χ2n) is 9.95. The molecule has 190 valence electrons. The molecule has 0 spiro atoms. The van der Waals surface area contributed by atoms with Gasteiger partial charge in [-0.05, 0) is 52.8 Å². The van der Waals surface area contributed by atoms with Crippen LogP contribution in [-0.4, -0.2) is 60.3 Å². The van der Waals surface area contributed by atoms with Gasteiger partial charge in [-0.2, -0.15) is 0 Å². The predicted octanol–water partition coefficient (Wildman–Crippen LogP) is 2.75. The van der Waals surface area contributed by atoms with Gasteiger partial charge >= 0.3 is 6.03 Å². The summed E-state index contributed by atoms with van der Waals surface area (Å²) in [5.74, 6) is -1.29. The van der Waals surface area contributed by atoms with Crippen molar-refractivity contribution in [2.75, 3.05) is 32.1 Å². The Morgan fingerprint density at radius 2 is 1.92 bits per heavy atom. The summed E-state index contributed by atoms with van der Waals surface area (Å²) in [5, 5.41) is 4.88. The van der Waals surface area contributed by atoms with Gasteiger partial charge < -0.3 is 19.9 Å². The van der Waals surface area contributed by atoms with Gasteiger partial charge in [0.2, 0.25) is 11.8 Å². The number of rotatable bonds is 5. The van der Waals surface area contributed by atoms with E-state index in [0.29, 0.717) is 23.3 Å². The van der Waals surface area contributed by atoms with E-state index in [1.54, 1.807) is 31.4 Å². The van der Waals surface area contributed by atoms with Gasteiger partial charge in [0, 0.05) is 12.2 Å². The fourth-order valence-corrected chi connectivity index (χ4v) is 4.56. The fraction of sp³-hybridized carbons (Fsp3) is 0.385. The number of nitrogens with zero attached hydrogens (tertiary/aromatic N) is 2. The van der Waals surface area contributed by atoms with Crippen LogP contribution in [0.15, 0.2) is 36.4 Å². The third-order valence-electron chi connectivity index (χ3n) is 6.39. The van der Waals surface area contributed by atoms with Crippen molar-refractivity contribution in [3.8, 4) is 5.75 Å². The molecule has 0 saturated carbocycles. The average molecular weight is 497 g/mol. The molecular weight excluding hydrogens is 467 g/mol. The Kier molecular flexibility index (Phi) is 6.71. The van der Waals surface area contributed by atoms with E-state index in [9.17, 15) is 23.6 Å². The third-order valence-corrected chi connectivity index (χ3v) is 6.39. The number of halogens is 1. The van der Waals surface area contributed by atoms with E-state index < -0.39 is 41.0 Å². The first-order chi connectivity index (χ1) is 17.0. The minimum absolute atomic E-state index is 0.220. The van der Waals surface area contributed by atoms with E-state index >= 15 is 0 Å². The number of nitrogens with one attached hydrogen (secondary N) is 2. The van der Waals surface area contributed by atoms with Crippen LogP contribution in [0.3, 0.4) is 0 Å². The number of carbonyl (C=O) groups excluding carboxylic acids is 4. The molecule has 1 saturated heterocycles. The van der Waals surface area contributed by atoms with Gasteiger partial charge in [-0.25, -0.2) is 9.18 Å². The quantitative estimate of drug-likeness (QED) is 0.619. The van der Waals surface area contributed by atoms with Crippen molar-refractivity contribution in [3.05, 3.63) is 58.9 Å². The standard InChI is InChI=1S/C26H29FN4O5/c1-26(2,3)19-8-5-16(12-20(19)27)28-24(34)23-18-7-6-17(36-4)11-15(18)9-10-31(23)22(33)14-30-13-21(32)29-25(30)35/h5-8,11-12,23H,9-10,13-14H2,1-4H3,(H,28,34)(H,29,32,35)/t23-/m1/s1. The molecule has 10 heteroatoms. The normalized spacial score (nSPS) is 17.5. The summed E-state index contributed by atoms with van der Waals surface area (Å²) in [6.45, 7) is 5.35. The number of carbonyl (C=O) groups is 4. The highest BCUT2D eigenvalue weighted by atomic mass is 19.1. The number of hydrogen-bond donors (Lipinski definition) is 2. The second-order valence-corrected chi connectivity index (χ2v) is 9.95. The maximum atomic E-state index is 14.8. The zero-order chi connectivity index (χ0) is 26.2. The van der Waals surface area contributed by atoms with Crippen molar-refractivity contribution < 1.29 is 28.3 Å². The zero-order valence-electron chi connectivity index (χ0n) is 20.7. The van der Waals surface area contributed by atoms with Crippen molar-refractivity contribution >= 4 is 29.4 Å². The molecule has 1 fully saturated rings. The lowest BCUT2D eigenvalue weighted by atomic mass is 9.86. The Balaban J connectivity index is 1.63. The number of amides is 5. The number of urea groups is 1. The maximum Gasteiger partial charge on any atom is 0.325 e. The van der Waals surface area contributed by atoms with E-state index in [4.69, 9.17) is 4.74 Å². The van der Waals surface area contributed by atoms with Crippen molar-refractivity contribution in [2.24, 2.45) is 0 Å². The van der Waals surface area contributed by atoms with Crippen LogP contribution < -0.4 is 15.4 Å². The molecular formula is C26H29FN4O5. The largest absolute Gasteiger partial charge is 0.497 e. The number of anilines is 1. The third kappa shape index (κ3) is 5.02. The highest BCUT2D eigenvalue weighted by Crippen LogP contribution is 2.34. The van der Waals surface area contributed by atoms with E-state index in [-0.39, 0.29) is 25.3 Å². The molecule has 0 bridgehead atoms. The summed E-state index contributed by atoms with van der Waals surface area (Å²) in [6.07, 6.45) is 0.474. The molecule has 5 amide bonds. The van der Waals surface area contributed by atoms with Crippen LogP contribution in [0.25, 0.3) is 0 Å². The predicted molar refractivity (Wildman–Crippen MR) is 130 cm³/mol. The average Bonchev–Trinajstić information content (AvgIpc) is 3.13. The lowest BCUT2D eigenvalue weighted by Crippen LogP contribution is -2.49. The molecule has 2 aliphatic rings. The highest BCUT2D eigenvalue weighted by Gasteiger charge is 2.38. The Bertz CT molecular complexity index is 1240. The minimum atomic E-state index is -1.01. The molecule has 2 aromatic rings. The SMILES string of the molecule is COc1ccc2c(c1)CCN(C(=O)CN1CC(=O)NC1=O)[C@H]2C(=O)Nc1ccc(C(C)(C)C)c(F)c1. The highest BCUT2D eigenvalue weighted by molar-refractivity contribution is 6.04. The molecule has 0 radical (unpaired) electrons. The van der Waals surface area contributed by atoms with Gasteiger partial charge in [-0.3, -0.25) is 19.7 Å². The second kappa shape index (κ2) is 9.60. The Morgan fingerprint density at radius 3 is 2.53 bits per heavy atom. The summed E-state index contributed by atoms with van der Waals surface area (Å²) in [6, 6.07) is 8.13. The van der Waals surface area contributed by atoms with Gasteiger partial charge in [-0.1, -0.05) is 32.9 Å². The minimum Gasteiger partial charge on any atom is -0.497 e. The van der Waals surface area contributed by atoms with Crippen LogP contribution in [0.5, 0.6) is 5.75 Å². The Morgan fingerprint density at radius 1 is 1.17 bits per heavy atom. The molecule has 0 aliphatic carbocycles. The summed E-state index contributed by atoms with van der Waals surface area (Å²) < 4.78 is 20.1. The molecule has 36 heavy (non-hydrogen) atoms. The lowest BCUT2D eigenvalue weighted by Gasteiger charge is -2.37. The van der Waals surface area contributed by atoms with Gasteiger partial charge in [-0.15, -0.1) is 0 Å². The topological polar surface area (TPSA) is 108 Å². The molecule has 0 aromatic heterocycles. The van der Waals surface area contributed by atoms with Gasteiger partial charge in [0.15, 0.2) is 0 Å². The van der Waals surface area contributed by atoms with Gasteiger partial charge in [0.1, 0.15) is 30.7 Å². The number of fused-ring (bicyclic) bond motifs is 1. The van der Waals surface area contributed by atoms with E-state index in [1.807, 2.05) is 26.8 Å². The first-order valence-electron chi connectivity index (χ1n) is 11.6. The lowest BCUT2D eigenvalue weighted by molar-refractivity contribution is -0.140. The summed E-state index contributed by atoms with van der Waals surface area (Å²) in [5.41, 5.74) is 1.85. The number of methoxy groups -OCH3 is 1. The smallest absolute Gasteiger partial charge is 0.325 e. The van der Waals surface area contributed by atoms with E-state index in [2.05, 4.69) is 10.6 Å². The van der Waals surface area contributed by atoms with Gasteiger partial charge in [0.25, 0.3) is 5.91 Å². The van der Waals surface area contributed by atoms with Crippen molar-refractivity contribution in [3.63, 3.8) is 0 Å². The van der Waals surface area contributed by atoms with Crippen LogP contribution in [0.2, 0.25) is 0 Å². The molecule has 2 aromatic carbocycles. The summed E-state index contributed by atoms with van der Waals surface area (Å²) in [4.78, 5) is 52.8. The molecule has 9 nitrogen and oxygen atoms in total. The number of imide groups is 1. The van der Waals surface area contributed by atoms with Crippen LogP contribution in [0, 0.1) is 5.82 Å². The Hall–Kier alpha value is -3.95. The van der Waals surface area contributed by atoms with Gasteiger partial charge in [0.05, 0.1) is 7.11 Å². The van der Waals surface area contributed by atoms with Crippen LogP contribution in [-0.2, 0) is 26.2 Å². The van der Waals surface area contributed by atoms with E-state index in [1.165, 1.54) is 11.0 Å². The molecule has 1 atom stereocenters. The fourth-order valence-electron chi connectivity index (χ4n) is 4.56. The number of benzene rings is 2. The van der Waals surface area contributed by atoms with Crippen molar-refractivity contribution in [2.45, 2.75) is 38.6 Å². The van der Waals surface area contributed by atoms with E-state index in [0.717, 1.165) is 10.5 Å².